The van der Waals surface area contributed by atoms with Crippen molar-refractivity contribution in [2.75, 3.05) is 26.9 Å². The van der Waals surface area contributed by atoms with Gasteiger partial charge >= 0.3 is 0 Å². The summed E-state index contributed by atoms with van der Waals surface area (Å²) in [5, 5.41) is 8.43. The highest BCUT2D eigenvalue weighted by atomic mass is 16.7. The van der Waals surface area contributed by atoms with Crippen LogP contribution in [0.15, 0.2) is 18.2 Å². The zero-order chi connectivity index (χ0) is 13.7. The smallest absolute Gasteiger partial charge is 0.231 e. The number of carbonyl (C=O) groups excluding carboxylic acids is 1. The third-order valence-electron chi connectivity index (χ3n) is 2.94. The normalized spacial score (nSPS) is 12.5. The maximum atomic E-state index is 11.3. The van der Waals surface area contributed by atoms with Crippen LogP contribution in [0.2, 0.25) is 0 Å². The van der Waals surface area contributed by atoms with Crippen LogP contribution in [0, 0.1) is 11.3 Å². The Morgan fingerprint density at radius 1 is 1.42 bits per heavy atom. The first kappa shape index (κ1) is 13.4. The number of nitriles is 1. The van der Waals surface area contributed by atoms with E-state index in [2.05, 4.69) is 0 Å². The number of carbonyl (C=O) groups is 1. The lowest BCUT2D eigenvalue weighted by molar-refractivity contribution is -0.118. The zero-order valence-corrected chi connectivity index (χ0v) is 10.9. The molecule has 0 radical (unpaired) electrons. The molecule has 19 heavy (non-hydrogen) atoms. The molecule has 5 nitrogen and oxygen atoms in total. The Bertz CT molecular complexity index is 508. The van der Waals surface area contributed by atoms with Crippen molar-refractivity contribution >= 4 is 5.78 Å². The van der Waals surface area contributed by atoms with Gasteiger partial charge in [0.05, 0.1) is 19.0 Å². The van der Waals surface area contributed by atoms with E-state index in [4.69, 9.17) is 14.7 Å². The van der Waals surface area contributed by atoms with E-state index in [0.29, 0.717) is 6.54 Å². The summed E-state index contributed by atoms with van der Waals surface area (Å²) in [6.45, 7) is 1.36. The van der Waals surface area contributed by atoms with Crippen molar-refractivity contribution in [2.24, 2.45) is 0 Å². The minimum atomic E-state index is -0.0457. The molecule has 1 aliphatic rings. The number of ketones is 1. The van der Waals surface area contributed by atoms with Gasteiger partial charge in [0, 0.05) is 6.54 Å². The van der Waals surface area contributed by atoms with E-state index in [1.807, 2.05) is 36.2 Å². The molecular weight excluding hydrogens is 244 g/mol. The number of rotatable bonds is 6. The largest absolute Gasteiger partial charge is 0.454 e. The number of ether oxygens (including phenoxy) is 2. The van der Waals surface area contributed by atoms with Gasteiger partial charge in [0.25, 0.3) is 0 Å². The quantitative estimate of drug-likeness (QED) is 0.773. The van der Waals surface area contributed by atoms with E-state index in [-0.39, 0.29) is 19.0 Å². The average Bonchev–Trinajstić information content (AvgIpc) is 2.83. The highest BCUT2D eigenvalue weighted by molar-refractivity contribution is 5.82. The Kier molecular flexibility index (Phi) is 4.37. The summed E-state index contributed by atoms with van der Waals surface area (Å²) in [7, 11) is 1.88. The second kappa shape index (κ2) is 6.21. The van der Waals surface area contributed by atoms with Crippen molar-refractivity contribution in [1.29, 1.82) is 5.26 Å². The standard InChI is InChI=1S/C14H16N2O3/c1-16(9-12(17)4-6-15)7-5-11-2-3-13-14(8-11)19-10-18-13/h2-3,8H,4-5,7,9-10H2,1H3. The van der Waals surface area contributed by atoms with Crippen LogP contribution >= 0.6 is 0 Å². The summed E-state index contributed by atoms with van der Waals surface area (Å²) in [5.41, 5.74) is 1.14. The van der Waals surface area contributed by atoms with Gasteiger partial charge in [0.1, 0.15) is 0 Å². The van der Waals surface area contributed by atoms with Gasteiger partial charge in [-0.2, -0.15) is 5.26 Å². The van der Waals surface area contributed by atoms with E-state index in [1.54, 1.807) is 0 Å². The summed E-state index contributed by atoms with van der Waals surface area (Å²) in [6.07, 6.45) is 0.807. The van der Waals surface area contributed by atoms with Crippen LogP contribution in [0.25, 0.3) is 0 Å². The monoisotopic (exact) mass is 260 g/mol. The number of benzene rings is 1. The molecule has 0 aliphatic carbocycles. The predicted octanol–water partition coefficient (Wildman–Crippen LogP) is 1.37. The molecule has 1 aliphatic heterocycles. The molecule has 0 fully saturated rings. The number of Topliss-reactive ketones (excluding diaryl/α,β-unsaturated/α-hetero) is 1. The molecule has 1 aromatic rings. The molecule has 0 spiro atoms. The van der Waals surface area contributed by atoms with Crippen molar-refractivity contribution in [2.45, 2.75) is 12.8 Å². The van der Waals surface area contributed by atoms with Gasteiger partial charge in [-0.15, -0.1) is 0 Å². The second-order valence-electron chi connectivity index (χ2n) is 4.55. The lowest BCUT2D eigenvalue weighted by atomic mass is 10.1. The minimum absolute atomic E-state index is 0.0195. The molecule has 0 bridgehead atoms. The summed E-state index contributed by atoms with van der Waals surface area (Å²) >= 11 is 0. The van der Waals surface area contributed by atoms with Crippen LogP contribution in [0.3, 0.4) is 0 Å². The fourth-order valence-corrected chi connectivity index (χ4v) is 1.94. The van der Waals surface area contributed by atoms with Gasteiger partial charge in [0.2, 0.25) is 6.79 Å². The van der Waals surface area contributed by atoms with Gasteiger partial charge in [-0.1, -0.05) is 6.07 Å². The van der Waals surface area contributed by atoms with E-state index in [9.17, 15) is 4.79 Å². The third kappa shape index (κ3) is 3.70. The highest BCUT2D eigenvalue weighted by Crippen LogP contribution is 2.32. The van der Waals surface area contributed by atoms with Gasteiger partial charge in [-0.25, -0.2) is 0 Å². The van der Waals surface area contributed by atoms with Crippen LogP contribution in [-0.2, 0) is 11.2 Å². The molecule has 100 valence electrons. The first-order chi connectivity index (χ1) is 9.19. The summed E-state index contributed by atoms with van der Waals surface area (Å²) in [6, 6.07) is 7.73. The molecular formula is C14H16N2O3. The maximum absolute atomic E-state index is 11.3. The molecule has 0 saturated carbocycles. The fourth-order valence-electron chi connectivity index (χ4n) is 1.94. The predicted molar refractivity (Wildman–Crippen MR) is 69.0 cm³/mol. The fraction of sp³-hybridized carbons (Fsp3) is 0.429. The van der Waals surface area contributed by atoms with E-state index in [1.165, 1.54) is 0 Å². The lowest BCUT2D eigenvalue weighted by Gasteiger charge is -2.14. The molecule has 0 unspecified atom stereocenters. The Hall–Kier alpha value is -2.06. The molecule has 0 saturated heterocycles. The van der Waals surface area contributed by atoms with Crippen LogP contribution in [0.5, 0.6) is 11.5 Å². The highest BCUT2D eigenvalue weighted by Gasteiger charge is 2.13. The van der Waals surface area contributed by atoms with Crippen LogP contribution < -0.4 is 9.47 Å². The third-order valence-corrected chi connectivity index (χ3v) is 2.94. The lowest BCUT2D eigenvalue weighted by Crippen LogP contribution is -2.27. The Labute approximate surface area is 112 Å². The van der Waals surface area contributed by atoms with E-state index < -0.39 is 0 Å². The van der Waals surface area contributed by atoms with Gasteiger partial charge in [-0.05, 0) is 31.2 Å². The molecule has 1 aromatic carbocycles. The summed E-state index contributed by atoms with van der Waals surface area (Å²) < 4.78 is 10.6. The molecule has 0 atom stereocenters. The van der Waals surface area contributed by atoms with Crippen LogP contribution in [0.4, 0.5) is 0 Å². The van der Waals surface area contributed by atoms with Gasteiger partial charge in [-0.3, -0.25) is 9.69 Å². The maximum Gasteiger partial charge on any atom is 0.231 e. The minimum Gasteiger partial charge on any atom is -0.454 e. The first-order valence-electron chi connectivity index (χ1n) is 6.15. The van der Waals surface area contributed by atoms with E-state index >= 15 is 0 Å². The zero-order valence-electron chi connectivity index (χ0n) is 10.9. The van der Waals surface area contributed by atoms with Crippen LogP contribution in [0.1, 0.15) is 12.0 Å². The molecule has 2 rings (SSSR count). The first-order valence-corrected chi connectivity index (χ1v) is 6.15. The Morgan fingerprint density at radius 2 is 2.21 bits per heavy atom. The molecule has 1 heterocycles. The number of likely N-dealkylation sites (N-methyl/N-ethyl adjacent to an activating group) is 1. The van der Waals surface area contributed by atoms with Crippen molar-refractivity contribution in [3.8, 4) is 17.6 Å². The second-order valence-corrected chi connectivity index (χ2v) is 4.55. The molecule has 0 amide bonds. The van der Waals surface area contributed by atoms with Crippen molar-refractivity contribution in [3.05, 3.63) is 23.8 Å². The average molecular weight is 260 g/mol. The van der Waals surface area contributed by atoms with Gasteiger partial charge in [0.15, 0.2) is 17.3 Å². The topological polar surface area (TPSA) is 62.6 Å². The van der Waals surface area contributed by atoms with Crippen molar-refractivity contribution in [3.63, 3.8) is 0 Å². The molecule has 5 heteroatoms. The van der Waals surface area contributed by atoms with E-state index in [0.717, 1.165) is 30.0 Å². The SMILES string of the molecule is CN(CCc1ccc2c(c1)OCO2)CC(=O)CC#N. The van der Waals surface area contributed by atoms with Crippen molar-refractivity contribution in [1.82, 2.24) is 4.90 Å². The van der Waals surface area contributed by atoms with Crippen molar-refractivity contribution < 1.29 is 14.3 Å². The van der Waals surface area contributed by atoms with Gasteiger partial charge < -0.3 is 9.47 Å². The molecule has 0 N–H and O–H groups in total. The summed E-state index contributed by atoms with van der Waals surface area (Å²) in [5.74, 6) is 1.51. The number of nitrogens with zero attached hydrogens (tertiary/aromatic N) is 2. The van der Waals surface area contributed by atoms with Crippen LogP contribution in [-0.4, -0.2) is 37.6 Å². The number of hydrogen-bond donors (Lipinski definition) is 0. The Morgan fingerprint density at radius 3 is 3.00 bits per heavy atom. The summed E-state index contributed by atoms with van der Waals surface area (Å²) in [4.78, 5) is 13.2. The Balaban J connectivity index is 1.82. The number of fused-ring (bicyclic) bond motifs is 1. The number of hydrogen-bond acceptors (Lipinski definition) is 5. The molecule has 0 aromatic heterocycles.